The maximum atomic E-state index is 5.85. The minimum absolute atomic E-state index is 0.189. The number of guanidine groups is 1. The van der Waals surface area contributed by atoms with Crippen LogP contribution >= 0.6 is 0 Å². The van der Waals surface area contributed by atoms with Crippen molar-refractivity contribution in [3.63, 3.8) is 0 Å². The summed E-state index contributed by atoms with van der Waals surface area (Å²) in [4.78, 5) is 6.26. The molecule has 0 saturated carbocycles. The molecule has 2 aromatic carbocycles. The molecular weight excluding hydrogens is 250 g/mol. The van der Waals surface area contributed by atoms with Crippen LogP contribution in [0, 0.1) is 0 Å². The molecule has 102 valence electrons. The smallest absolute Gasteiger partial charge is 0.191 e. The van der Waals surface area contributed by atoms with E-state index in [1.807, 2.05) is 60.5 Å². The molecule has 2 aromatic rings. The molecule has 4 heteroatoms. The van der Waals surface area contributed by atoms with Gasteiger partial charge in [0.25, 0.3) is 0 Å². The fourth-order valence-corrected chi connectivity index (χ4v) is 2.31. The van der Waals surface area contributed by atoms with E-state index in [1.165, 1.54) is 0 Å². The average Bonchev–Trinajstić information content (AvgIpc) is 2.80. The van der Waals surface area contributed by atoms with Gasteiger partial charge in [-0.15, -0.1) is 0 Å². The summed E-state index contributed by atoms with van der Waals surface area (Å²) < 4.78 is 5.85. The molecule has 0 spiro atoms. The molecule has 2 N–H and O–H groups in total. The van der Waals surface area contributed by atoms with Gasteiger partial charge in [0, 0.05) is 7.05 Å². The summed E-state index contributed by atoms with van der Waals surface area (Å²) in [6, 6.07) is 18.0. The van der Waals surface area contributed by atoms with Gasteiger partial charge >= 0.3 is 0 Å². The number of para-hydroxylation sites is 1. The number of aliphatic imine (C=N–C) groups is 1. The van der Waals surface area contributed by atoms with E-state index in [-0.39, 0.29) is 6.04 Å². The number of nitrogens with zero attached hydrogens (tertiary/aromatic N) is 2. The van der Waals surface area contributed by atoms with Gasteiger partial charge in [0.2, 0.25) is 0 Å². The van der Waals surface area contributed by atoms with Gasteiger partial charge in [-0.2, -0.15) is 0 Å². The first-order chi connectivity index (χ1) is 9.74. The lowest BCUT2D eigenvalue weighted by molar-refractivity contribution is 0.411. The zero-order valence-corrected chi connectivity index (χ0v) is 11.4. The molecule has 3 rings (SSSR count). The second kappa shape index (κ2) is 5.25. The van der Waals surface area contributed by atoms with Crippen molar-refractivity contribution in [2.24, 2.45) is 10.7 Å². The highest BCUT2D eigenvalue weighted by molar-refractivity contribution is 5.80. The second-order valence-electron chi connectivity index (χ2n) is 4.81. The van der Waals surface area contributed by atoms with Crippen molar-refractivity contribution in [1.29, 1.82) is 0 Å². The monoisotopic (exact) mass is 267 g/mol. The third-order valence-corrected chi connectivity index (χ3v) is 3.48. The summed E-state index contributed by atoms with van der Waals surface area (Å²) in [5.74, 6) is 2.25. The predicted molar refractivity (Wildman–Crippen MR) is 80.0 cm³/mol. The number of ether oxygens (including phenoxy) is 1. The first kappa shape index (κ1) is 12.5. The summed E-state index contributed by atoms with van der Waals surface area (Å²) >= 11 is 0. The van der Waals surface area contributed by atoms with Gasteiger partial charge in [-0.05, 0) is 29.8 Å². The van der Waals surface area contributed by atoms with E-state index < -0.39 is 0 Å². The van der Waals surface area contributed by atoms with Crippen LogP contribution in [0.5, 0.6) is 11.5 Å². The quantitative estimate of drug-likeness (QED) is 0.930. The number of likely N-dealkylation sites (N-methyl/N-ethyl adjacent to an activating group) is 1. The number of hydrogen-bond donors (Lipinski definition) is 1. The molecule has 1 aliphatic heterocycles. The first-order valence-electron chi connectivity index (χ1n) is 6.59. The van der Waals surface area contributed by atoms with E-state index in [0.29, 0.717) is 12.5 Å². The van der Waals surface area contributed by atoms with Gasteiger partial charge in [0.05, 0.1) is 12.6 Å². The zero-order chi connectivity index (χ0) is 13.9. The molecule has 20 heavy (non-hydrogen) atoms. The lowest BCUT2D eigenvalue weighted by Crippen LogP contribution is -2.32. The molecule has 0 radical (unpaired) electrons. The van der Waals surface area contributed by atoms with Crippen LogP contribution in [0.3, 0.4) is 0 Å². The lowest BCUT2D eigenvalue weighted by Gasteiger charge is -2.22. The van der Waals surface area contributed by atoms with Crippen LogP contribution in [0.4, 0.5) is 0 Å². The number of rotatable bonds is 3. The van der Waals surface area contributed by atoms with E-state index in [2.05, 4.69) is 11.1 Å². The second-order valence-corrected chi connectivity index (χ2v) is 4.81. The molecule has 1 atom stereocenters. The molecule has 1 unspecified atom stereocenters. The van der Waals surface area contributed by atoms with E-state index in [0.717, 1.165) is 17.1 Å². The van der Waals surface area contributed by atoms with E-state index in [9.17, 15) is 0 Å². The van der Waals surface area contributed by atoms with Crippen molar-refractivity contribution >= 4 is 5.96 Å². The topological polar surface area (TPSA) is 50.8 Å². The van der Waals surface area contributed by atoms with Crippen LogP contribution in [0.2, 0.25) is 0 Å². The molecule has 0 amide bonds. The molecule has 0 fully saturated rings. The van der Waals surface area contributed by atoms with Gasteiger partial charge < -0.3 is 15.4 Å². The maximum Gasteiger partial charge on any atom is 0.191 e. The lowest BCUT2D eigenvalue weighted by atomic mass is 10.1. The van der Waals surface area contributed by atoms with Crippen molar-refractivity contribution in [3.05, 3.63) is 60.2 Å². The van der Waals surface area contributed by atoms with Crippen LogP contribution in [-0.2, 0) is 0 Å². The Morgan fingerprint density at radius 2 is 1.85 bits per heavy atom. The fourth-order valence-electron chi connectivity index (χ4n) is 2.31. The Hall–Kier alpha value is -2.49. The Labute approximate surface area is 118 Å². The SMILES string of the molecule is CN1C(N)=NCC1c1cccc(Oc2ccccc2)c1. The molecule has 0 bridgehead atoms. The molecule has 0 saturated heterocycles. The predicted octanol–water partition coefficient (Wildman–Crippen LogP) is 2.78. The summed E-state index contributed by atoms with van der Waals surface area (Å²) in [5, 5.41) is 0. The van der Waals surface area contributed by atoms with Crippen molar-refractivity contribution in [2.75, 3.05) is 13.6 Å². The van der Waals surface area contributed by atoms with Crippen molar-refractivity contribution in [3.8, 4) is 11.5 Å². The third kappa shape index (κ3) is 2.45. The minimum Gasteiger partial charge on any atom is -0.457 e. The van der Waals surface area contributed by atoms with Crippen LogP contribution < -0.4 is 10.5 Å². The summed E-state index contributed by atoms with van der Waals surface area (Å²) in [5.41, 5.74) is 6.97. The fraction of sp³-hybridized carbons (Fsp3) is 0.188. The van der Waals surface area contributed by atoms with Crippen LogP contribution in [-0.4, -0.2) is 24.5 Å². The molecule has 0 aliphatic carbocycles. The first-order valence-corrected chi connectivity index (χ1v) is 6.59. The third-order valence-electron chi connectivity index (χ3n) is 3.48. The number of benzene rings is 2. The van der Waals surface area contributed by atoms with E-state index in [4.69, 9.17) is 10.5 Å². The van der Waals surface area contributed by atoms with Crippen LogP contribution in [0.15, 0.2) is 59.6 Å². The Morgan fingerprint density at radius 1 is 1.10 bits per heavy atom. The largest absolute Gasteiger partial charge is 0.457 e. The Morgan fingerprint density at radius 3 is 2.55 bits per heavy atom. The molecular formula is C16H17N3O. The highest BCUT2D eigenvalue weighted by Gasteiger charge is 2.24. The van der Waals surface area contributed by atoms with Crippen LogP contribution in [0.1, 0.15) is 11.6 Å². The normalized spacial score (nSPS) is 17.9. The van der Waals surface area contributed by atoms with Crippen molar-refractivity contribution in [2.45, 2.75) is 6.04 Å². The molecule has 4 nitrogen and oxygen atoms in total. The highest BCUT2D eigenvalue weighted by Crippen LogP contribution is 2.28. The zero-order valence-electron chi connectivity index (χ0n) is 11.4. The van der Waals surface area contributed by atoms with Gasteiger partial charge in [0.1, 0.15) is 11.5 Å². The summed E-state index contributed by atoms with van der Waals surface area (Å²) in [6.45, 7) is 0.692. The number of nitrogens with two attached hydrogens (primary N) is 1. The standard InChI is InChI=1S/C16H17N3O/c1-19-15(11-18-16(19)17)12-6-5-9-14(10-12)20-13-7-3-2-4-8-13/h2-10,15H,11H2,1H3,(H2,17,18). The van der Waals surface area contributed by atoms with E-state index >= 15 is 0 Å². The van der Waals surface area contributed by atoms with Crippen molar-refractivity contribution in [1.82, 2.24) is 4.90 Å². The van der Waals surface area contributed by atoms with Gasteiger partial charge in [-0.25, -0.2) is 0 Å². The van der Waals surface area contributed by atoms with Gasteiger partial charge in [0.15, 0.2) is 5.96 Å². The van der Waals surface area contributed by atoms with Crippen LogP contribution in [0.25, 0.3) is 0 Å². The van der Waals surface area contributed by atoms with Gasteiger partial charge in [-0.3, -0.25) is 4.99 Å². The molecule has 0 aromatic heterocycles. The summed E-state index contributed by atoms with van der Waals surface area (Å²) in [6.07, 6.45) is 0. The average molecular weight is 267 g/mol. The maximum absolute atomic E-state index is 5.85. The highest BCUT2D eigenvalue weighted by atomic mass is 16.5. The Kier molecular flexibility index (Phi) is 3.29. The minimum atomic E-state index is 0.189. The molecule has 1 heterocycles. The van der Waals surface area contributed by atoms with Gasteiger partial charge in [-0.1, -0.05) is 30.3 Å². The van der Waals surface area contributed by atoms with E-state index in [1.54, 1.807) is 0 Å². The van der Waals surface area contributed by atoms with Crippen molar-refractivity contribution < 1.29 is 4.74 Å². The number of hydrogen-bond acceptors (Lipinski definition) is 4. The summed E-state index contributed by atoms with van der Waals surface area (Å²) in [7, 11) is 1.96. The Bertz CT molecular complexity index is 625. The molecule has 1 aliphatic rings. The Balaban J connectivity index is 1.80.